The lowest BCUT2D eigenvalue weighted by Crippen LogP contribution is -2.65. The molecule has 9 N–H and O–H groups in total. The van der Waals surface area contributed by atoms with Crippen LogP contribution in [0.1, 0.15) is 181 Å². The van der Waals surface area contributed by atoms with Crippen LogP contribution in [0.15, 0.2) is 60.8 Å². The van der Waals surface area contributed by atoms with E-state index in [1.165, 1.54) is 96.3 Å². The first kappa shape index (κ1) is 61.8. The van der Waals surface area contributed by atoms with E-state index < -0.39 is 86.8 Å². The van der Waals surface area contributed by atoms with Crippen molar-refractivity contribution in [3.05, 3.63) is 60.8 Å². The fourth-order valence-electron chi connectivity index (χ4n) is 8.38. The van der Waals surface area contributed by atoms with Crippen LogP contribution < -0.4 is 5.32 Å². The van der Waals surface area contributed by atoms with Crippen molar-refractivity contribution in [2.45, 2.75) is 254 Å². The molecule has 14 heteroatoms. The molecule has 2 aliphatic rings. The predicted octanol–water partition coefficient (Wildman–Crippen LogP) is 7.44. The summed E-state index contributed by atoms with van der Waals surface area (Å²) in [5, 5.41) is 86.7. The number of carbonyl (C=O) groups is 1. The molecule has 1 amide bonds. The molecule has 68 heavy (non-hydrogen) atoms. The van der Waals surface area contributed by atoms with E-state index in [9.17, 15) is 45.6 Å². The first-order valence-corrected chi connectivity index (χ1v) is 26.5. The summed E-state index contributed by atoms with van der Waals surface area (Å²) in [5.41, 5.74) is 0. The third kappa shape index (κ3) is 26.8. The maximum atomic E-state index is 13.1. The zero-order chi connectivity index (χ0) is 49.6. The van der Waals surface area contributed by atoms with Crippen molar-refractivity contribution in [3.63, 3.8) is 0 Å². The molecule has 0 aromatic rings. The van der Waals surface area contributed by atoms with E-state index in [4.69, 9.17) is 18.9 Å². The Morgan fingerprint density at radius 2 is 1.03 bits per heavy atom. The second-order valence-electron chi connectivity index (χ2n) is 18.6. The van der Waals surface area contributed by atoms with Crippen molar-refractivity contribution in [2.75, 3.05) is 19.8 Å². The highest BCUT2D eigenvalue weighted by atomic mass is 16.7. The van der Waals surface area contributed by atoms with Gasteiger partial charge in [0.2, 0.25) is 5.91 Å². The lowest BCUT2D eigenvalue weighted by Gasteiger charge is -2.46. The molecule has 2 rings (SSSR count). The van der Waals surface area contributed by atoms with E-state index in [2.05, 4.69) is 67.8 Å². The highest BCUT2D eigenvalue weighted by Gasteiger charge is 2.51. The molecule has 12 atom stereocenters. The molecule has 2 fully saturated rings. The van der Waals surface area contributed by atoms with Gasteiger partial charge in [-0.2, -0.15) is 0 Å². The summed E-state index contributed by atoms with van der Waals surface area (Å²) in [7, 11) is 0. The average Bonchev–Trinajstić information content (AvgIpc) is 3.34. The molecule has 0 aromatic heterocycles. The van der Waals surface area contributed by atoms with Crippen LogP contribution in [0.5, 0.6) is 0 Å². The topological polar surface area (TPSA) is 228 Å². The maximum absolute atomic E-state index is 13.1. The summed E-state index contributed by atoms with van der Waals surface area (Å²) in [6.07, 6.45) is 32.7. The number of carbonyl (C=O) groups excluding carboxylic acids is 1. The number of aliphatic hydroxyl groups excluding tert-OH is 8. The van der Waals surface area contributed by atoms with Gasteiger partial charge in [-0.25, -0.2) is 0 Å². The number of ether oxygens (including phenoxy) is 4. The van der Waals surface area contributed by atoms with E-state index >= 15 is 0 Å². The minimum Gasteiger partial charge on any atom is -0.394 e. The lowest BCUT2D eigenvalue weighted by molar-refractivity contribution is -0.359. The minimum absolute atomic E-state index is 0.236. The van der Waals surface area contributed by atoms with E-state index in [1.54, 1.807) is 6.08 Å². The Hall–Kier alpha value is -2.31. The molecule has 2 saturated heterocycles. The molecule has 14 nitrogen and oxygen atoms in total. The van der Waals surface area contributed by atoms with E-state index in [0.717, 1.165) is 51.4 Å². The summed E-state index contributed by atoms with van der Waals surface area (Å²) < 4.78 is 22.7. The summed E-state index contributed by atoms with van der Waals surface area (Å²) in [6, 6.07) is -0.948. The molecule has 0 saturated carbocycles. The summed E-state index contributed by atoms with van der Waals surface area (Å²) in [5.74, 6) is -0.281. The highest BCUT2D eigenvalue weighted by molar-refractivity contribution is 5.76. The van der Waals surface area contributed by atoms with Crippen LogP contribution in [-0.2, 0) is 23.7 Å². The normalized spacial score (nSPS) is 26.9. The van der Waals surface area contributed by atoms with Gasteiger partial charge in [0, 0.05) is 6.42 Å². The Morgan fingerprint density at radius 1 is 0.544 bits per heavy atom. The second-order valence-corrected chi connectivity index (χ2v) is 18.6. The third-order valence-electron chi connectivity index (χ3n) is 12.7. The molecule has 394 valence electrons. The Balaban J connectivity index is 1.84. The average molecular weight is 966 g/mol. The van der Waals surface area contributed by atoms with Gasteiger partial charge in [-0.05, 0) is 64.2 Å². The molecule has 0 radical (unpaired) electrons. The Bertz CT molecular complexity index is 1370. The van der Waals surface area contributed by atoms with Crippen molar-refractivity contribution >= 4 is 5.91 Å². The molecule has 0 spiro atoms. The van der Waals surface area contributed by atoms with Crippen LogP contribution in [-0.4, -0.2) is 140 Å². The lowest BCUT2D eigenvalue weighted by atomic mass is 9.97. The number of allylic oxidation sites excluding steroid dienone is 9. The fraction of sp³-hybridized carbons (Fsp3) is 0.796. The molecular weight excluding hydrogens is 871 g/mol. The summed E-state index contributed by atoms with van der Waals surface area (Å²) in [4.78, 5) is 13.1. The number of hydrogen-bond donors (Lipinski definition) is 9. The van der Waals surface area contributed by atoms with Gasteiger partial charge >= 0.3 is 0 Å². The van der Waals surface area contributed by atoms with Gasteiger partial charge in [0.05, 0.1) is 32.0 Å². The van der Waals surface area contributed by atoms with E-state index in [0.29, 0.717) is 12.8 Å². The number of rotatable bonds is 40. The molecular formula is C54H95NO13. The first-order valence-electron chi connectivity index (χ1n) is 26.5. The van der Waals surface area contributed by atoms with Crippen LogP contribution >= 0.6 is 0 Å². The monoisotopic (exact) mass is 966 g/mol. The third-order valence-corrected chi connectivity index (χ3v) is 12.7. The van der Waals surface area contributed by atoms with E-state index in [1.807, 2.05) is 6.08 Å². The van der Waals surface area contributed by atoms with Gasteiger partial charge in [0.25, 0.3) is 0 Å². The standard InChI is InChI=1S/C54H95NO13/c1-3-5-7-9-11-13-15-17-18-19-20-21-22-23-24-26-27-29-31-33-35-37-43(58)42(55-46(59)38-36-34-32-30-28-25-16-14-12-10-8-6-4-2)41-65-53-51(64)49(62)52(45(40-57)67-53)68-54-50(63)48(61)47(60)44(39-56)66-54/h6,8,12,14,25,27-29,35,37,42-45,47-54,56-58,60-64H,3-5,7,9-11,13,15-24,26,30-34,36,38-41H2,1-2H3,(H,55,59)/b8-6-,14-12-,28-25-,29-27+,37-35+. The van der Waals surface area contributed by atoms with Crippen LogP contribution in [0.25, 0.3) is 0 Å². The smallest absolute Gasteiger partial charge is 0.220 e. The molecule has 0 bridgehead atoms. The molecule has 0 aliphatic carbocycles. The Labute approximate surface area is 409 Å². The van der Waals surface area contributed by atoms with Gasteiger partial charge in [-0.1, -0.05) is 171 Å². The predicted molar refractivity (Wildman–Crippen MR) is 267 cm³/mol. The van der Waals surface area contributed by atoms with Crippen LogP contribution in [0.4, 0.5) is 0 Å². The Kier molecular flexibility index (Phi) is 36.6. The van der Waals surface area contributed by atoms with Gasteiger partial charge in [0.15, 0.2) is 12.6 Å². The van der Waals surface area contributed by atoms with Gasteiger partial charge in [0.1, 0.15) is 48.8 Å². The van der Waals surface area contributed by atoms with Crippen LogP contribution in [0.2, 0.25) is 0 Å². The summed E-state index contributed by atoms with van der Waals surface area (Å²) in [6.45, 7) is 2.62. The second kappa shape index (κ2) is 40.3. The van der Waals surface area contributed by atoms with Crippen molar-refractivity contribution in [1.29, 1.82) is 0 Å². The Morgan fingerprint density at radius 3 is 1.62 bits per heavy atom. The van der Waals surface area contributed by atoms with Gasteiger partial charge in [-0.3, -0.25) is 4.79 Å². The van der Waals surface area contributed by atoms with Crippen molar-refractivity contribution in [3.8, 4) is 0 Å². The minimum atomic E-state index is -1.79. The fourth-order valence-corrected chi connectivity index (χ4v) is 8.38. The van der Waals surface area contributed by atoms with Crippen molar-refractivity contribution < 1.29 is 64.6 Å². The summed E-state index contributed by atoms with van der Waals surface area (Å²) >= 11 is 0. The van der Waals surface area contributed by atoms with E-state index in [-0.39, 0.29) is 18.9 Å². The zero-order valence-corrected chi connectivity index (χ0v) is 41.8. The molecule has 2 aliphatic heterocycles. The van der Waals surface area contributed by atoms with Gasteiger partial charge < -0.3 is 65.1 Å². The SMILES string of the molecule is CC/C=C\C/C=C\C/C=C\CCCCCC(=O)NC(COC1OC(CO)C(OC2OC(CO)C(O)C(O)C2O)C(O)C1O)C(O)/C=C/CC/C=C/CCCCCCCCCCCCCCCCC. The first-order chi connectivity index (χ1) is 33.1. The number of amides is 1. The number of nitrogens with one attached hydrogen (secondary N) is 1. The highest BCUT2D eigenvalue weighted by Crippen LogP contribution is 2.30. The maximum Gasteiger partial charge on any atom is 0.220 e. The van der Waals surface area contributed by atoms with Crippen molar-refractivity contribution in [2.24, 2.45) is 0 Å². The molecule has 12 unspecified atom stereocenters. The van der Waals surface area contributed by atoms with Crippen LogP contribution in [0.3, 0.4) is 0 Å². The molecule has 2 heterocycles. The largest absolute Gasteiger partial charge is 0.394 e. The number of unbranched alkanes of at least 4 members (excludes halogenated alkanes) is 19. The number of hydrogen-bond acceptors (Lipinski definition) is 13. The molecule has 0 aromatic carbocycles. The van der Waals surface area contributed by atoms with Crippen molar-refractivity contribution in [1.82, 2.24) is 5.32 Å². The van der Waals surface area contributed by atoms with Crippen LogP contribution in [0, 0.1) is 0 Å². The quantitative estimate of drug-likeness (QED) is 0.0215. The van der Waals surface area contributed by atoms with Gasteiger partial charge in [-0.15, -0.1) is 0 Å². The number of aliphatic hydroxyl groups is 8. The zero-order valence-electron chi connectivity index (χ0n) is 41.8.